The Labute approximate surface area is 186 Å². The average Bonchev–Trinajstić information content (AvgIpc) is 2.73. The van der Waals surface area contributed by atoms with Crippen LogP contribution in [0.4, 0.5) is 10.6 Å². The summed E-state index contributed by atoms with van der Waals surface area (Å²) in [5.41, 5.74) is 0.486. The molecule has 0 aliphatic carbocycles. The summed E-state index contributed by atoms with van der Waals surface area (Å²) >= 11 is 0. The molecule has 0 N–H and O–H groups in total. The van der Waals surface area contributed by atoms with E-state index in [4.69, 9.17) is 4.74 Å². The Hall–Kier alpha value is -3.49. The molecule has 2 amide bonds. The van der Waals surface area contributed by atoms with Crippen LogP contribution in [0.5, 0.6) is 0 Å². The molecule has 0 atom stereocenters. The van der Waals surface area contributed by atoms with Gasteiger partial charge in [-0.05, 0) is 32.8 Å². The van der Waals surface area contributed by atoms with Gasteiger partial charge in [0.25, 0.3) is 11.5 Å². The second-order valence-electron chi connectivity index (χ2n) is 8.63. The van der Waals surface area contributed by atoms with Crippen molar-refractivity contribution in [3.05, 3.63) is 58.1 Å². The maximum atomic E-state index is 13.2. The molecule has 9 heteroatoms. The number of benzene rings is 1. The maximum Gasteiger partial charge on any atom is 0.417 e. The van der Waals surface area contributed by atoms with Crippen molar-refractivity contribution < 1.29 is 19.1 Å². The number of aryl methyl sites for hydroxylation is 1. The van der Waals surface area contributed by atoms with Gasteiger partial charge in [-0.2, -0.15) is 0 Å². The minimum Gasteiger partial charge on any atom is -0.443 e. The lowest BCUT2D eigenvalue weighted by molar-refractivity contribution is -0.130. The van der Waals surface area contributed by atoms with Crippen LogP contribution in [-0.4, -0.2) is 58.0 Å². The quantitative estimate of drug-likeness (QED) is 0.633. The summed E-state index contributed by atoms with van der Waals surface area (Å²) in [5.74, 6) is -0.318. The van der Waals surface area contributed by atoms with E-state index < -0.39 is 17.6 Å². The molecule has 9 nitrogen and oxygen atoms in total. The van der Waals surface area contributed by atoms with Crippen LogP contribution in [0.25, 0.3) is 0 Å². The van der Waals surface area contributed by atoms with Gasteiger partial charge in [-0.3, -0.25) is 9.59 Å². The van der Waals surface area contributed by atoms with Crippen LogP contribution >= 0.6 is 0 Å². The third kappa shape index (κ3) is 5.81. The molecule has 0 radical (unpaired) electrons. The molecule has 0 unspecified atom stereocenters. The summed E-state index contributed by atoms with van der Waals surface area (Å²) < 4.78 is 6.84. The van der Waals surface area contributed by atoms with Gasteiger partial charge in [0.15, 0.2) is 5.82 Å². The van der Waals surface area contributed by atoms with Crippen molar-refractivity contribution in [1.29, 1.82) is 0 Å². The largest absolute Gasteiger partial charge is 0.443 e. The number of ether oxygens (including phenoxy) is 1. The molecule has 0 saturated carbocycles. The van der Waals surface area contributed by atoms with E-state index in [0.29, 0.717) is 18.7 Å². The lowest BCUT2D eigenvalue weighted by atomic mass is 10.2. The van der Waals surface area contributed by atoms with Crippen molar-refractivity contribution in [3.8, 4) is 0 Å². The minimum absolute atomic E-state index is 0.0894. The van der Waals surface area contributed by atoms with Crippen LogP contribution in [0.2, 0.25) is 0 Å². The predicted octanol–water partition coefficient (Wildman–Crippen LogP) is 2.01. The van der Waals surface area contributed by atoms with E-state index in [1.165, 1.54) is 0 Å². The van der Waals surface area contributed by atoms with Gasteiger partial charge in [0.05, 0.1) is 18.8 Å². The highest BCUT2D eigenvalue weighted by Crippen LogP contribution is 2.16. The highest BCUT2D eigenvalue weighted by molar-refractivity contribution is 5.95. The average molecular weight is 441 g/mol. The van der Waals surface area contributed by atoms with Crippen LogP contribution in [0.15, 0.2) is 41.3 Å². The van der Waals surface area contributed by atoms with Gasteiger partial charge in [0, 0.05) is 25.7 Å². The van der Waals surface area contributed by atoms with Crippen LogP contribution in [-0.2, 0) is 27.3 Å². The third-order valence-corrected chi connectivity index (χ3v) is 4.85. The van der Waals surface area contributed by atoms with Crippen molar-refractivity contribution in [1.82, 2.24) is 14.5 Å². The van der Waals surface area contributed by atoms with Crippen LogP contribution in [0, 0.1) is 0 Å². The fourth-order valence-corrected chi connectivity index (χ4v) is 3.37. The molecule has 1 aromatic carbocycles. The number of amides is 2. The molecule has 170 valence electrons. The first-order valence-electron chi connectivity index (χ1n) is 10.5. The number of nitrogens with zero attached hydrogens (tertiary/aromatic N) is 4. The first-order valence-corrected chi connectivity index (χ1v) is 10.5. The number of imide groups is 1. The number of piperazine rings is 1. The van der Waals surface area contributed by atoms with Crippen molar-refractivity contribution in [3.63, 3.8) is 0 Å². The zero-order valence-electron chi connectivity index (χ0n) is 18.6. The Bertz CT molecular complexity index is 1040. The molecular formula is C23H28N4O5. The van der Waals surface area contributed by atoms with Gasteiger partial charge in [-0.1, -0.05) is 30.3 Å². The third-order valence-electron chi connectivity index (χ3n) is 4.85. The molecule has 0 bridgehead atoms. The molecule has 1 fully saturated rings. The molecule has 1 aliphatic rings. The van der Waals surface area contributed by atoms with E-state index in [1.807, 2.05) is 30.3 Å². The number of aldehydes is 1. The number of hydrogen-bond acceptors (Lipinski definition) is 7. The molecule has 3 rings (SSSR count). The predicted molar refractivity (Wildman–Crippen MR) is 119 cm³/mol. The van der Waals surface area contributed by atoms with Gasteiger partial charge < -0.3 is 19.0 Å². The summed E-state index contributed by atoms with van der Waals surface area (Å²) in [6.45, 7) is 5.72. The van der Waals surface area contributed by atoms with E-state index in [0.717, 1.165) is 16.7 Å². The van der Waals surface area contributed by atoms with E-state index >= 15 is 0 Å². The van der Waals surface area contributed by atoms with Gasteiger partial charge in [0.2, 0.25) is 0 Å². The van der Waals surface area contributed by atoms with Crippen molar-refractivity contribution in [2.45, 2.75) is 45.8 Å². The maximum absolute atomic E-state index is 13.2. The number of hydrogen-bond donors (Lipinski definition) is 0. The lowest BCUT2D eigenvalue weighted by Crippen LogP contribution is -2.55. The minimum atomic E-state index is -0.714. The van der Waals surface area contributed by atoms with Gasteiger partial charge in [0.1, 0.15) is 11.9 Å². The second-order valence-corrected chi connectivity index (χ2v) is 8.63. The highest BCUT2D eigenvalue weighted by atomic mass is 16.6. The first-order chi connectivity index (χ1) is 15.2. The van der Waals surface area contributed by atoms with Crippen LogP contribution < -0.4 is 10.5 Å². The molecule has 2 heterocycles. The molecule has 1 aromatic heterocycles. The van der Waals surface area contributed by atoms with E-state index in [1.54, 1.807) is 36.4 Å². The SMILES string of the molecule is CC(C)(C)OC(=O)N1CCN(c2nc(CCC=O)cn(Cc3ccccc3)c2=O)CC1=O. The Balaban J connectivity index is 1.86. The Kier molecular flexibility index (Phi) is 7.07. The monoisotopic (exact) mass is 440 g/mol. The first kappa shape index (κ1) is 23.2. The molecule has 0 spiro atoms. The number of rotatable bonds is 6. The number of anilines is 1. The smallest absolute Gasteiger partial charge is 0.417 e. The van der Waals surface area contributed by atoms with E-state index in [9.17, 15) is 19.2 Å². The van der Waals surface area contributed by atoms with Crippen molar-refractivity contribution in [2.24, 2.45) is 0 Å². The van der Waals surface area contributed by atoms with E-state index in [-0.39, 0.29) is 37.4 Å². The lowest BCUT2D eigenvalue weighted by Gasteiger charge is -2.34. The molecule has 32 heavy (non-hydrogen) atoms. The molecule has 1 aliphatic heterocycles. The van der Waals surface area contributed by atoms with Gasteiger partial charge >= 0.3 is 6.09 Å². The summed E-state index contributed by atoms with van der Waals surface area (Å²) in [5, 5.41) is 0. The van der Waals surface area contributed by atoms with Gasteiger partial charge in [-0.25, -0.2) is 14.7 Å². The van der Waals surface area contributed by atoms with E-state index in [2.05, 4.69) is 4.98 Å². The summed E-state index contributed by atoms with van der Waals surface area (Å²) in [6, 6.07) is 9.52. The Morgan fingerprint density at radius 3 is 2.50 bits per heavy atom. The number of carbonyl (C=O) groups excluding carboxylic acids is 3. The Morgan fingerprint density at radius 2 is 1.88 bits per heavy atom. The standard InChI is InChI=1S/C23H28N4O5/c1-23(2,3)32-22(31)27-12-11-25(16-19(27)29)20-21(30)26(14-17-8-5-4-6-9-17)15-18(24-20)10-7-13-28/h4-6,8-9,13,15H,7,10-12,14,16H2,1-3H3. The highest BCUT2D eigenvalue weighted by Gasteiger charge is 2.33. The summed E-state index contributed by atoms with van der Waals surface area (Å²) in [4.78, 5) is 56.1. The van der Waals surface area contributed by atoms with Crippen molar-refractivity contribution >= 4 is 24.1 Å². The fraction of sp³-hybridized carbons (Fsp3) is 0.435. The van der Waals surface area contributed by atoms with Crippen LogP contribution in [0.3, 0.4) is 0 Å². The zero-order valence-corrected chi connectivity index (χ0v) is 18.6. The summed E-state index contributed by atoms with van der Waals surface area (Å²) in [6.07, 6.45) is 2.42. The topological polar surface area (TPSA) is 102 Å². The normalized spacial score (nSPS) is 14.4. The van der Waals surface area contributed by atoms with Crippen molar-refractivity contribution in [2.75, 3.05) is 24.5 Å². The Morgan fingerprint density at radius 1 is 1.16 bits per heavy atom. The molecule has 1 saturated heterocycles. The number of aromatic nitrogens is 2. The fourth-order valence-electron chi connectivity index (χ4n) is 3.37. The number of carbonyl (C=O) groups is 3. The van der Waals surface area contributed by atoms with Crippen LogP contribution in [0.1, 0.15) is 38.4 Å². The molecule has 2 aromatic rings. The summed E-state index contributed by atoms with van der Waals surface area (Å²) in [7, 11) is 0. The molecular weight excluding hydrogens is 412 g/mol. The second kappa shape index (κ2) is 9.76. The zero-order chi connectivity index (χ0) is 23.3. The van der Waals surface area contributed by atoms with Gasteiger partial charge in [-0.15, -0.1) is 0 Å².